The molecule has 1 saturated carbocycles. The number of fused-ring (bicyclic) bond motifs is 2. The quantitative estimate of drug-likeness (QED) is 0.189. The molecule has 1 aromatic carbocycles. The molecule has 0 radical (unpaired) electrons. The van der Waals surface area contributed by atoms with E-state index in [9.17, 15) is 24.0 Å². The number of thioether (sulfide) groups is 1. The summed E-state index contributed by atoms with van der Waals surface area (Å²) in [5.41, 5.74) is 8.15. The molecule has 9 nitrogen and oxygen atoms in total. The van der Waals surface area contributed by atoms with Gasteiger partial charge in [0.2, 0.25) is 17.7 Å². The van der Waals surface area contributed by atoms with E-state index >= 15 is 0 Å². The van der Waals surface area contributed by atoms with Crippen LogP contribution < -0.4 is 21.7 Å². The van der Waals surface area contributed by atoms with Crippen molar-refractivity contribution in [2.24, 2.45) is 23.5 Å². The van der Waals surface area contributed by atoms with Crippen molar-refractivity contribution in [3.8, 4) is 0 Å². The van der Waals surface area contributed by atoms with Gasteiger partial charge in [-0.1, -0.05) is 64.8 Å². The number of nitrogens with two attached hydrogens (primary N) is 1. The molecule has 0 heterocycles. The van der Waals surface area contributed by atoms with Crippen molar-refractivity contribution >= 4 is 41.0 Å². The lowest BCUT2D eigenvalue weighted by Crippen LogP contribution is -2.56. The molecule has 1 aromatic rings. The fraction of sp³-hybridized carbons (Fsp3) is 0.686. The molecule has 6 unspecified atom stereocenters. The van der Waals surface area contributed by atoms with E-state index in [2.05, 4.69) is 28.1 Å². The minimum atomic E-state index is -0.828. The molecule has 10 heteroatoms. The van der Waals surface area contributed by atoms with E-state index in [0.717, 1.165) is 31.2 Å². The van der Waals surface area contributed by atoms with Gasteiger partial charge in [0.1, 0.15) is 12.1 Å². The summed E-state index contributed by atoms with van der Waals surface area (Å²) in [6.45, 7) is 9.08. The second-order valence-electron chi connectivity index (χ2n) is 13.8. The van der Waals surface area contributed by atoms with Crippen LogP contribution in [0.5, 0.6) is 0 Å². The van der Waals surface area contributed by atoms with E-state index < -0.39 is 30.1 Å². The van der Waals surface area contributed by atoms with Crippen LogP contribution in [0.4, 0.5) is 0 Å². The van der Waals surface area contributed by atoms with Crippen LogP contribution >= 0.6 is 11.8 Å². The number of nitrogens with one attached hydrogen (secondary N) is 3. The lowest BCUT2D eigenvalue weighted by Gasteiger charge is -2.26. The molecule has 0 aromatic heterocycles. The zero-order chi connectivity index (χ0) is 33.3. The standard InChI is InChI=1S/C35H54N4O5S/c1-21(2)17-30(39-33(43)28(15-16-45-6)37-23(5)40)34(44)38-29-18-24-11-7-9-13-26(24)35(20-31(29)41)19-25(35)12-8-10-14-27(36)32(42)22(3)4/h7,9,11,13,21-22,25,27-30H,8,10,12,14-20,36H2,1-6H3,(H,37,40)(H,38,44)(H,39,43). The minimum Gasteiger partial charge on any atom is -0.345 e. The van der Waals surface area contributed by atoms with Gasteiger partial charge in [-0.3, -0.25) is 24.0 Å². The van der Waals surface area contributed by atoms with Crippen molar-refractivity contribution in [3.63, 3.8) is 0 Å². The molecular weight excluding hydrogens is 588 g/mol. The van der Waals surface area contributed by atoms with Crippen LogP contribution in [-0.2, 0) is 35.8 Å². The third-order valence-electron chi connectivity index (χ3n) is 9.30. The van der Waals surface area contributed by atoms with Gasteiger partial charge < -0.3 is 21.7 Å². The molecule has 2 aliphatic rings. The predicted molar refractivity (Wildman–Crippen MR) is 180 cm³/mol. The number of ketones is 2. The van der Waals surface area contributed by atoms with Gasteiger partial charge in [0.05, 0.1) is 12.1 Å². The number of unbranched alkanes of at least 4 members (excludes halogenated alkanes) is 1. The highest BCUT2D eigenvalue weighted by Gasteiger charge is 2.57. The van der Waals surface area contributed by atoms with Crippen LogP contribution in [0.2, 0.25) is 0 Å². The van der Waals surface area contributed by atoms with Crippen LogP contribution in [0.3, 0.4) is 0 Å². The Morgan fingerprint density at radius 1 is 1.00 bits per heavy atom. The number of carbonyl (C=O) groups is 5. The third-order valence-corrected chi connectivity index (χ3v) is 9.95. The van der Waals surface area contributed by atoms with E-state index in [-0.39, 0.29) is 40.6 Å². The summed E-state index contributed by atoms with van der Waals surface area (Å²) in [5.74, 6) is 0.146. The average Bonchev–Trinajstić information content (AvgIpc) is 3.69. The zero-order valence-corrected chi connectivity index (χ0v) is 28.8. The van der Waals surface area contributed by atoms with Crippen molar-refractivity contribution in [1.82, 2.24) is 16.0 Å². The number of rotatable bonds is 17. The van der Waals surface area contributed by atoms with Gasteiger partial charge >= 0.3 is 0 Å². The molecule has 5 N–H and O–H groups in total. The molecular formula is C35H54N4O5S. The lowest BCUT2D eigenvalue weighted by molar-refractivity contribution is -0.133. The van der Waals surface area contributed by atoms with E-state index in [0.29, 0.717) is 43.8 Å². The first kappa shape index (κ1) is 36.7. The smallest absolute Gasteiger partial charge is 0.243 e. The maximum absolute atomic E-state index is 13.8. The number of hydrogen-bond acceptors (Lipinski definition) is 7. The number of carbonyl (C=O) groups excluding carboxylic acids is 5. The summed E-state index contributed by atoms with van der Waals surface area (Å²) in [5, 5.41) is 8.58. The molecule has 0 bridgehead atoms. The molecule has 250 valence electrons. The van der Waals surface area contributed by atoms with Crippen molar-refractivity contribution < 1.29 is 24.0 Å². The Kier molecular flexibility index (Phi) is 13.7. The monoisotopic (exact) mass is 642 g/mol. The van der Waals surface area contributed by atoms with Gasteiger partial charge in [-0.05, 0) is 67.1 Å². The summed E-state index contributed by atoms with van der Waals surface area (Å²) in [6, 6.07) is 5.51. The number of benzene rings is 1. The summed E-state index contributed by atoms with van der Waals surface area (Å²) < 4.78 is 0. The topological polar surface area (TPSA) is 147 Å². The van der Waals surface area contributed by atoms with Gasteiger partial charge in [-0.15, -0.1) is 0 Å². The maximum atomic E-state index is 13.8. The van der Waals surface area contributed by atoms with Crippen LogP contribution in [0.25, 0.3) is 0 Å². The average molecular weight is 643 g/mol. The Labute approximate surface area is 273 Å². The SMILES string of the molecule is CSCCC(NC(C)=O)C(=O)NC(CC(C)C)C(=O)NC1Cc2ccccc2C2(CC1=O)CC2CCCCC(N)C(=O)C(C)C. The largest absolute Gasteiger partial charge is 0.345 e. The minimum absolute atomic E-state index is 0.0114. The van der Waals surface area contributed by atoms with Gasteiger partial charge in [-0.25, -0.2) is 0 Å². The second kappa shape index (κ2) is 16.7. The third kappa shape index (κ3) is 10.1. The Hall–Kier alpha value is -2.72. The maximum Gasteiger partial charge on any atom is 0.243 e. The van der Waals surface area contributed by atoms with E-state index in [4.69, 9.17) is 5.73 Å². The first-order valence-electron chi connectivity index (χ1n) is 16.6. The van der Waals surface area contributed by atoms with Crippen molar-refractivity contribution in [3.05, 3.63) is 35.4 Å². The molecule has 45 heavy (non-hydrogen) atoms. The normalized spacial score (nSPS) is 22.7. The molecule has 6 atom stereocenters. The van der Waals surface area contributed by atoms with Gasteiger partial charge in [0.25, 0.3) is 0 Å². The van der Waals surface area contributed by atoms with Crippen molar-refractivity contribution in [2.45, 2.75) is 122 Å². The molecule has 1 spiro atoms. The number of hydrogen-bond donors (Lipinski definition) is 4. The van der Waals surface area contributed by atoms with E-state index in [1.807, 2.05) is 46.1 Å². The highest BCUT2D eigenvalue weighted by atomic mass is 32.2. The Morgan fingerprint density at radius 3 is 2.36 bits per heavy atom. The van der Waals surface area contributed by atoms with E-state index in [1.165, 1.54) is 12.5 Å². The van der Waals surface area contributed by atoms with E-state index in [1.54, 1.807) is 11.8 Å². The Morgan fingerprint density at radius 2 is 1.71 bits per heavy atom. The number of amides is 3. The predicted octanol–water partition coefficient (Wildman–Crippen LogP) is 3.85. The lowest BCUT2D eigenvalue weighted by atomic mass is 9.86. The highest BCUT2D eigenvalue weighted by molar-refractivity contribution is 7.98. The Bertz CT molecular complexity index is 1220. The summed E-state index contributed by atoms with van der Waals surface area (Å²) in [6.07, 6.45) is 7.97. The van der Waals surface area contributed by atoms with Crippen molar-refractivity contribution in [2.75, 3.05) is 12.0 Å². The molecule has 1 fully saturated rings. The van der Waals surface area contributed by atoms with Crippen LogP contribution in [0.15, 0.2) is 24.3 Å². The van der Waals surface area contributed by atoms with Gasteiger partial charge in [0, 0.05) is 31.1 Å². The first-order chi connectivity index (χ1) is 21.3. The summed E-state index contributed by atoms with van der Waals surface area (Å²) in [7, 11) is 0. The number of Topliss-reactive ketones (excluding diaryl/α,β-unsaturated/α-hetero) is 2. The zero-order valence-electron chi connectivity index (χ0n) is 27.9. The van der Waals surface area contributed by atoms with Gasteiger partial charge in [-0.2, -0.15) is 11.8 Å². The van der Waals surface area contributed by atoms with Crippen LogP contribution in [0, 0.1) is 17.8 Å². The summed E-state index contributed by atoms with van der Waals surface area (Å²) in [4.78, 5) is 64.6. The highest BCUT2D eigenvalue weighted by Crippen LogP contribution is 2.61. The molecule has 0 aliphatic heterocycles. The fourth-order valence-electron chi connectivity index (χ4n) is 6.81. The second-order valence-corrected chi connectivity index (χ2v) is 14.8. The summed E-state index contributed by atoms with van der Waals surface area (Å²) >= 11 is 1.58. The van der Waals surface area contributed by atoms with Crippen molar-refractivity contribution in [1.29, 1.82) is 0 Å². The Balaban J connectivity index is 1.69. The fourth-order valence-corrected chi connectivity index (χ4v) is 7.28. The first-order valence-corrected chi connectivity index (χ1v) is 18.0. The van der Waals surface area contributed by atoms with Crippen LogP contribution in [0.1, 0.15) is 97.1 Å². The molecule has 3 amide bonds. The molecule has 3 rings (SSSR count). The molecule has 0 saturated heterocycles. The van der Waals surface area contributed by atoms with Crippen LogP contribution in [-0.4, -0.2) is 65.5 Å². The molecule has 2 aliphatic carbocycles. The van der Waals surface area contributed by atoms with Gasteiger partial charge in [0.15, 0.2) is 11.6 Å².